The number of aromatic nitrogens is 2. The topological polar surface area (TPSA) is 86.2 Å². The molecule has 0 radical (unpaired) electrons. The van der Waals surface area contributed by atoms with Crippen LogP contribution in [0, 0.1) is 0 Å². The number of nitrogens with zero attached hydrogens (tertiary/aromatic N) is 2. The second kappa shape index (κ2) is 5.24. The predicted octanol–water partition coefficient (Wildman–Crippen LogP) is 1.07. The largest absolute Gasteiger partial charge is 0.467 e. The molecule has 2 rings (SSSR count). The smallest absolute Gasteiger partial charge is 0.158 e. The number of furan rings is 1. The number of ether oxygens (including phenoxy) is 1. The molecule has 0 spiro atoms. The van der Waals surface area contributed by atoms with Crippen LogP contribution in [0.5, 0.6) is 0 Å². The van der Waals surface area contributed by atoms with Crippen molar-refractivity contribution in [1.82, 2.24) is 9.97 Å². The predicted molar refractivity (Wildman–Crippen MR) is 57.0 cm³/mol. The van der Waals surface area contributed by atoms with Crippen LogP contribution in [-0.4, -0.2) is 9.97 Å². The number of rotatable bonds is 5. The molecule has 0 saturated heterocycles. The minimum Gasteiger partial charge on any atom is -0.467 e. The van der Waals surface area contributed by atoms with Crippen LogP contribution in [0.4, 0.5) is 5.82 Å². The van der Waals surface area contributed by atoms with E-state index in [1.807, 2.05) is 12.1 Å². The molecule has 0 bridgehead atoms. The number of nitrogens with one attached hydrogen (secondary N) is 1. The van der Waals surface area contributed by atoms with E-state index in [1.165, 1.54) is 0 Å². The molecule has 0 fully saturated rings. The fourth-order valence-corrected chi connectivity index (χ4v) is 1.15. The quantitative estimate of drug-likeness (QED) is 0.579. The molecule has 2 aromatic rings. The second-order valence-electron chi connectivity index (χ2n) is 3.11. The van der Waals surface area contributed by atoms with Crippen molar-refractivity contribution in [2.45, 2.75) is 13.2 Å². The highest BCUT2D eigenvalue weighted by molar-refractivity contribution is 5.28. The number of nitrogens with two attached hydrogens (primary N) is 1. The third kappa shape index (κ3) is 2.78. The molecule has 6 nitrogen and oxygen atoms in total. The molecule has 6 heteroatoms. The molecule has 16 heavy (non-hydrogen) atoms. The highest BCUT2D eigenvalue weighted by Gasteiger charge is 1.99. The summed E-state index contributed by atoms with van der Waals surface area (Å²) in [6.07, 6.45) is 4.77. The Labute approximate surface area is 92.4 Å². The summed E-state index contributed by atoms with van der Waals surface area (Å²) < 4.78 is 10.5. The molecule has 3 N–H and O–H groups in total. The van der Waals surface area contributed by atoms with Crippen molar-refractivity contribution < 1.29 is 9.15 Å². The zero-order valence-corrected chi connectivity index (χ0v) is 8.59. The molecule has 0 atom stereocenters. The SMILES string of the molecule is NNc1cnc(COCc2ccco2)cn1. The third-order valence-electron chi connectivity index (χ3n) is 1.93. The molecule has 0 unspecified atom stereocenters. The van der Waals surface area contributed by atoms with Crippen molar-refractivity contribution in [3.05, 3.63) is 42.2 Å². The first-order valence-corrected chi connectivity index (χ1v) is 4.76. The summed E-state index contributed by atoms with van der Waals surface area (Å²) >= 11 is 0. The van der Waals surface area contributed by atoms with Crippen LogP contribution in [0.2, 0.25) is 0 Å². The number of hydrogen-bond donors (Lipinski definition) is 2. The Morgan fingerprint density at radius 1 is 1.31 bits per heavy atom. The summed E-state index contributed by atoms with van der Waals surface area (Å²) in [4.78, 5) is 8.12. The van der Waals surface area contributed by atoms with E-state index in [2.05, 4.69) is 15.4 Å². The van der Waals surface area contributed by atoms with Crippen LogP contribution < -0.4 is 11.3 Å². The minimum atomic E-state index is 0.387. The summed E-state index contributed by atoms with van der Waals surface area (Å²) in [7, 11) is 0. The molecular formula is C10H12N4O2. The Morgan fingerprint density at radius 3 is 2.88 bits per heavy atom. The summed E-state index contributed by atoms with van der Waals surface area (Å²) in [6.45, 7) is 0.810. The first kappa shape index (κ1) is 10.6. The first-order valence-electron chi connectivity index (χ1n) is 4.76. The average molecular weight is 220 g/mol. The fourth-order valence-electron chi connectivity index (χ4n) is 1.15. The van der Waals surface area contributed by atoms with E-state index in [1.54, 1.807) is 18.7 Å². The van der Waals surface area contributed by atoms with E-state index in [9.17, 15) is 0 Å². The normalized spacial score (nSPS) is 10.3. The average Bonchev–Trinajstić information content (AvgIpc) is 2.83. The van der Waals surface area contributed by atoms with E-state index in [-0.39, 0.29) is 0 Å². The van der Waals surface area contributed by atoms with Crippen LogP contribution in [0.1, 0.15) is 11.5 Å². The summed E-state index contributed by atoms with van der Waals surface area (Å²) in [5.41, 5.74) is 3.14. The summed E-state index contributed by atoms with van der Waals surface area (Å²) in [5, 5.41) is 0. The fraction of sp³-hybridized carbons (Fsp3) is 0.200. The third-order valence-corrected chi connectivity index (χ3v) is 1.93. The van der Waals surface area contributed by atoms with Gasteiger partial charge in [-0.05, 0) is 12.1 Å². The highest BCUT2D eigenvalue weighted by atomic mass is 16.5. The molecule has 84 valence electrons. The number of hydrazine groups is 1. The number of anilines is 1. The molecule has 2 heterocycles. The van der Waals surface area contributed by atoms with Crippen molar-refractivity contribution >= 4 is 5.82 Å². The Kier molecular flexibility index (Phi) is 3.47. The lowest BCUT2D eigenvalue weighted by molar-refractivity contribution is 0.0904. The van der Waals surface area contributed by atoms with Crippen molar-refractivity contribution in [3.8, 4) is 0 Å². The Morgan fingerprint density at radius 2 is 2.25 bits per heavy atom. The van der Waals surface area contributed by atoms with E-state index in [0.29, 0.717) is 19.0 Å². The maximum atomic E-state index is 5.39. The van der Waals surface area contributed by atoms with Crippen molar-refractivity contribution in [2.75, 3.05) is 5.43 Å². The zero-order chi connectivity index (χ0) is 11.2. The van der Waals surface area contributed by atoms with Crippen molar-refractivity contribution in [1.29, 1.82) is 0 Å². The second-order valence-corrected chi connectivity index (χ2v) is 3.11. The van der Waals surface area contributed by atoms with Gasteiger partial charge >= 0.3 is 0 Å². The highest BCUT2D eigenvalue weighted by Crippen LogP contribution is 2.05. The van der Waals surface area contributed by atoms with Gasteiger partial charge in [0.25, 0.3) is 0 Å². The molecule has 2 aromatic heterocycles. The van der Waals surface area contributed by atoms with E-state index in [4.69, 9.17) is 15.0 Å². The summed E-state index contributed by atoms with van der Waals surface area (Å²) in [6, 6.07) is 3.67. The van der Waals surface area contributed by atoms with Gasteiger partial charge in [0.2, 0.25) is 0 Å². The Hall–Kier alpha value is -1.92. The molecule has 0 amide bonds. The van der Waals surface area contributed by atoms with Gasteiger partial charge in [-0.3, -0.25) is 4.98 Å². The lowest BCUT2D eigenvalue weighted by atomic mass is 10.4. The van der Waals surface area contributed by atoms with E-state index in [0.717, 1.165) is 11.5 Å². The lowest BCUT2D eigenvalue weighted by Crippen LogP contribution is -2.09. The standard InChI is InChI=1S/C10H12N4O2/c11-14-10-5-12-8(4-13-10)6-15-7-9-2-1-3-16-9/h1-5H,6-7,11H2,(H,13,14). The van der Waals surface area contributed by atoms with Gasteiger partial charge in [-0.15, -0.1) is 0 Å². The van der Waals surface area contributed by atoms with Crippen molar-refractivity contribution in [2.24, 2.45) is 5.84 Å². The Balaban J connectivity index is 1.81. The van der Waals surface area contributed by atoms with E-state index < -0.39 is 0 Å². The number of hydrogen-bond acceptors (Lipinski definition) is 6. The maximum absolute atomic E-state index is 5.39. The van der Waals surface area contributed by atoms with Gasteiger partial charge in [0.15, 0.2) is 5.82 Å². The maximum Gasteiger partial charge on any atom is 0.158 e. The lowest BCUT2D eigenvalue weighted by Gasteiger charge is -2.02. The molecule has 0 aliphatic carbocycles. The molecule has 0 aliphatic rings. The van der Waals surface area contributed by atoms with Crippen LogP contribution >= 0.6 is 0 Å². The van der Waals surface area contributed by atoms with Crippen molar-refractivity contribution in [3.63, 3.8) is 0 Å². The Bertz CT molecular complexity index is 413. The summed E-state index contributed by atoms with van der Waals surface area (Å²) in [5.74, 6) is 6.48. The monoisotopic (exact) mass is 220 g/mol. The molecule has 0 aliphatic heterocycles. The first-order chi connectivity index (χ1) is 7.88. The zero-order valence-electron chi connectivity index (χ0n) is 8.59. The van der Waals surface area contributed by atoms with Gasteiger partial charge in [0.1, 0.15) is 12.4 Å². The number of nitrogen functional groups attached to an aromatic ring is 1. The molecule has 0 aromatic carbocycles. The minimum absolute atomic E-state index is 0.387. The van der Waals surface area contributed by atoms with Gasteiger partial charge in [-0.1, -0.05) is 0 Å². The van der Waals surface area contributed by atoms with Gasteiger partial charge in [-0.25, -0.2) is 10.8 Å². The van der Waals surface area contributed by atoms with Crippen LogP contribution in [-0.2, 0) is 18.0 Å². The van der Waals surface area contributed by atoms with Gasteiger partial charge in [0.05, 0.1) is 31.0 Å². The van der Waals surface area contributed by atoms with Gasteiger partial charge < -0.3 is 14.6 Å². The van der Waals surface area contributed by atoms with Crippen LogP contribution in [0.15, 0.2) is 35.2 Å². The van der Waals surface area contributed by atoms with E-state index >= 15 is 0 Å². The van der Waals surface area contributed by atoms with Gasteiger partial charge in [-0.2, -0.15) is 0 Å². The van der Waals surface area contributed by atoms with Crippen LogP contribution in [0.25, 0.3) is 0 Å². The molecular weight excluding hydrogens is 208 g/mol. The van der Waals surface area contributed by atoms with Gasteiger partial charge in [0, 0.05) is 0 Å². The molecule has 0 saturated carbocycles. The van der Waals surface area contributed by atoms with Crippen LogP contribution in [0.3, 0.4) is 0 Å².